The molecule has 1 saturated heterocycles. The largest absolute Gasteiger partial charge is 0.490 e. The van der Waals surface area contributed by atoms with Crippen LogP contribution in [0.3, 0.4) is 0 Å². The van der Waals surface area contributed by atoms with Gasteiger partial charge in [0.2, 0.25) is 5.43 Å². The number of aliphatic carboxylic acids is 1. The Morgan fingerprint density at radius 1 is 1.02 bits per heavy atom. The second kappa shape index (κ2) is 10.1. The van der Waals surface area contributed by atoms with Crippen molar-refractivity contribution in [2.45, 2.75) is 31.5 Å². The van der Waals surface area contributed by atoms with Crippen molar-refractivity contribution in [3.63, 3.8) is 0 Å². The van der Waals surface area contributed by atoms with E-state index in [1.165, 1.54) is 11.8 Å². The van der Waals surface area contributed by atoms with Crippen molar-refractivity contribution >= 4 is 28.5 Å². The van der Waals surface area contributed by atoms with Gasteiger partial charge in [0.1, 0.15) is 16.8 Å². The number of aryl methyl sites for hydroxylation is 2. The fourth-order valence-electron chi connectivity index (χ4n) is 5.86. The maximum atomic E-state index is 15.6. The molecule has 0 spiro atoms. The number of halogens is 4. The highest BCUT2D eigenvalue weighted by Crippen LogP contribution is 2.49. The molecule has 43 heavy (non-hydrogen) atoms. The smallest absolute Gasteiger partial charge is 0.477 e. The third kappa shape index (κ3) is 4.75. The summed E-state index contributed by atoms with van der Waals surface area (Å²) in [5, 5.41) is 16.8. The molecule has 222 valence electrons. The normalized spacial score (nSPS) is 16.4. The minimum atomic E-state index is -5.08. The van der Waals surface area contributed by atoms with Gasteiger partial charge in [-0.3, -0.25) is 4.79 Å². The SMILES string of the molecule is NC1CCN(c2c(F)cc3c(=O)c(C(=O)O)cn4c3c2Oc2cc3c(cc2-4)CCc2ccccc2-3)C1.O=C(O)C(F)(F)F. The summed E-state index contributed by atoms with van der Waals surface area (Å²) in [4.78, 5) is 35.8. The van der Waals surface area contributed by atoms with Gasteiger partial charge in [-0.2, -0.15) is 13.2 Å². The van der Waals surface area contributed by atoms with Crippen LogP contribution in [0.4, 0.5) is 23.2 Å². The van der Waals surface area contributed by atoms with E-state index in [1.807, 2.05) is 29.2 Å². The number of alkyl halides is 3. The molecule has 0 amide bonds. The summed E-state index contributed by atoms with van der Waals surface area (Å²) in [6.45, 7) is 1.02. The molecule has 4 N–H and O–H groups in total. The molecule has 1 aliphatic carbocycles. The number of carboxylic acids is 2. The lowest BCUT2D eigenvalue weighted by molar-refractivity contribution is -0.192. The van der Waals surface area contributed by atoms with Gasteiger partial charge in [-0.05, 0) is 59.7 Å². The zero-order valence-corrected chi connectivity index (χ0v) is 22.2. The molecule has 1 unspecified atom stereocenters. The van der Waals surface area contributed by atoms with E-state index in [9.17, 15) is 27.9 Å². The van der Waals surface area contributed by atoms with E-state index >= 15 is 4.39 Å². The molecule has 9 nitrogen and oxygen atoms in total. The number of hydrogen-bond acceptors (Lipinski definition) is 6. The summed E-state index contributed by atoms with van der Waals surface area (Å²) in [7, 11) is 0. The third-order valence-corrected chi connectivity index (χ3v) is 7.81. The minimum Gasteiger partial charge on any atom is -0.477 e. The van der Waals surface area contributed by atoms with E-state index in [1.54, 1.807) is 4.57 Å². The van der Waals surface area contributed by atoms with Crippen molar-refractivity contribution < 1.29 is 42.1 Å². The zero-order valence-electron chi connectivity index (χ0n) is 22.2. The number of carbonyl (C=O) groups is 2. The first-order chi connectivity index (χ1) is 20.3. The first-order valence-electron chi connectivity index (χ1n) is 13.2. The molecular formula is C30H23F4N3O6. The lowest BCUT2D eigenvalue weighted by Crippen LogP contribution is -2.28. The Morgan fingerprint density at radius 3 is 2.37 bits per heavy atom. The molecule has 0 bridgehead atoms. The maximum absolute atomic E-state index is 15.6. The van der Waals surface area contributed by atoms with Crippen LogP contribution in [0.25, 0.3) is 27.7 Å². The molecule has 7 rings (SSSR count). The van der Waals surface area contributed by atoms with E-state index in [-0.39, 0.29) is 22.9 Å². The summed E-state index contributed by atoms with van der Waals surface area (Å²) < 4.78 is 55.4. The summed E-state index contributed by atoms with van der Waals surface area (Å²) in [5.41, 5.74) is 10.7. The monoisotopic (exact) mass is 597 g/mol. The quantitative estimate of drug-likeness (QED) is 0.246. The van der Waals surface area contributed by atoms with Crippen LogP contribution in [0.5, 0.6) is 11.5 Å². The maximum Gasteiger partial charge on any atom is 0.490 e. The number of nitrogens with zero attached hydrogens (tertiary/aromatic N) is 2. The first kappa shape index (κ1) is 28.2. The zero-order chi connectivity index (χ0) is 30.8. The number of nitrogens with two attached hydrogens (primary N) is 1. The summed E-state index contributed by atoms with van der Waals surface area (Å²) in [6.07, 6.45) is -1.33. The van der Waals surface area contributed by atoms with E-state index < -0.39 is 34.9 Å². The highest BCUT2D eigenvalue weighted by Gasteiger charge is 2.38. The summed E-state index contributed by atoms with van der Waals surface area (Å²) in [5.74, 6) is -4.06. The lowest BCUT2D eigenvalue weighted by atomic mass is 9.85. The molecule has 4 aromatic rings. The van der Waals surface area contributed by atoms with Gasteiger partial charge >= 0.3 is 18.1 Å². The molecule has 1 atom stereocenters. The second-order valence-corrected chi connectivity index (χ2v) is 10.5. The first-order valence-corrected chi connectivity index (χ1v) is 13.2. The Hall–Kier alpha value is -4.91. The second-order valence-electron chi connectivity index (χ2n) is 10.5. The van der Waals surface area contributed by atoms with Crippen molar-refractivity contribution in [3.05, 3.63) is 81.4 Å². The van der Waals surface area contributed by atoms with Crippen molar-refractivity contribution in [2.24, 2.45) is 5.73 Å². The minimum absolute atomic E-state index is 0.0247. The molecule has 3 aromatic carbocycles. The van der Waals surface area contributed by atoms with Crippen LogP contribution >= 0.6 is 0 Å². The number of anilines is 1. The predicted octanol–water partition coefficient (Wildman–Crippen LogP) is 4.87. The van der Waals surface area contributed by atoms with Crippen LogP contribution in [0, 0.1) is 5.82 Å². The molecule has 3 aliphatic rings. The molecule has 1 aromatic heterocycles. The van der Waals surface area contributed by atoms with E-state index in [0.29, 0.717) is 36.5 Å². The number of benzene rings is 3. The van der Waals surface area contributed by atoms with Crippen LogP contribution in [0.1, 0.15) is 27.9 Å². The van der Waals surface area contributed by atoms with Gasteiger partial charge in [0.05, 0.1) is 11.1 Å². The molecule has 13 heteroatoms. The highest BCUT2D eigenvalue weighted by atomic mass is 19.4. The van der Waals surface area contributed by atoms with Gasteiger partial charge in [-0.15, -0.1) is 0 Å². The van der Waals surface area contributed by atoms with Gasteiger partial charge < -0.3 is 30.2 Å². The third-order valence-electron chi connectivity index (χ3n) is 7.81. The van der Waals surface area contributed by atoms with Crippen molar-refractivity contribution in [1.29, 1.82) is 0 Å². The Labute approximate surface area is 240 Å². The molecule has 2 aliphatic heterocycles. The lowest BCUT2D eigenvalue weighted by Gasteiger charge is -2.30. The number of pyridine rings is 1. The van der Waals surface area contributed by atoms with Crippen LogP contribution in [0.15, 0.2) is 53.5 Å². The van der Waals surface area contributed by atoms with Gasteiger partial charge in [0.15, 0.2) is 17.3 Å². The summed E-state index contributed by atoms with van der Waals surface area (Å²) in [6, 6.07) is 13.2. The van der Waals surface area contributed by atoms with Crippen molar-refractivity contribution in [1.82, 2.24) is 4.57 Å². The van der Waals surface area contributed by atoms with Crippen LogP contribution < -0.4 is 20.8 Å². The van der Waals surface area contributed by atoms with E-state index in [2.05, 4.69) is 12.1 Å². The number of hydrogen-bond donors (Lipinski definition) is 3. The molecular weight excluding hydrogens is 574 g/mol. The summed E-state index contributed by atoms with van der Waals surface area (Å²) >= 11 is 0. The van der Waals surface area contributed by atoms with Crippen molar-refractivity contribution in [2.75, 3.05) is 18.0 Å². The van der Waals surface area contributed by atoms with E-state index in [4.69, 9.17) is 20.4 Å². The Kier molecular flexibility index (Phi) is 6.64. The standard InChI is InChI=1S/C28H22FN3O4.C2HF3O2/c29-21-10-19-24-27(25(21)31-8-7-16(30)12-31)36-23-11-18-15(6-5-14-3-1-2-4-17(14)18)9-22(23)32(24)13-20(26(19)33)28(34)35;3-2(4,5)1(6)7/h1-4,9-11,13,16H,5-8,12,30H2,(H,34,35);(H,6,7). The Morgan fingerprint density at radius 2 is 1.72 bits per heavy atom. The predicted molar refractivity (Wildman–Crippen MR) is 148 cm³/mol. The highest BCUT2D eigenvalue weighted by molar-refractivity contribution is 5.99. The number of carboxylic acid groups (broad SMARTS) is 2. The fraction of sp³-hybridized carbons (Fsp3) is 0.233. The number of fused-ring (bicyclic) bond motifs is 5. The average Bonchev–Trinajstić information content (AvgIpc) is 3.38. The molecule has 1 fully saturated rings. The number of aromatic carboxylic acids is 1. The topological polar surface area (TPSA) is 135 Å². The van der Waals surface area contributed by atoms with Gasteiger partial charge in [-0.1, -0.05) is 24.3 Å². The fourth-order valence-corrected chi connectivity index (χ4v) is 5.86. The molecule has 0 radical (unpaired) electrons. The molecule has 0 saturated carbocycles. The number of ether oxygens (including phenoxy) is 1. The molecule has 3 heterocycles. The van der Waals surface area contributed by atoms with Gasteiger partial charge in [-0.25, -0.2) is 14.0 Å². The van der Waals surface area contributed by atoms with Gasteiger partial charge in [0, 0.05) is 25.3 Å². The van der Waals surface area contributed by atoms with Crippen LogP contribution in [-0.2, 0) is 17.6 Å². The number of aromatic nitrogens is 1. The van der Waals surface area contributed by atoms with E-state index in [0.717, 1.165) is 35.6 Å². The van der Waals surface area contributed by atoms with Crippen LogP contribution in [0.2, 0.25) is 0 Å². The Balaban J connectivity index is 0.000000423. The Bertz CT molecular complexity index is 1900. The average molecular weight is 598 g/mol. The van der Waals surface area contributed by atoms with Gasteiger partial charge in [0.25, 0.3) is 0 Å². The van der Waals surface area contributed by atoms with Crippen molar-refractivity contribution in [3.8, 4) is 28.3 Å². The van der Waals surface area contributed by atoms with Crippen LogP contribution in [-0.4, -0.2) is 52.0 Å². The number of rotatable bonds is 2.